The van der Waals surface area contributed by atoms with Crippen LogP contribution in [0.4, 0.5) is 0 Å². The van der Waals surface area contributed by atoms with Gasteiger partial charge in [0.05, 0.1) is 11.3 Å². The van der Waals surface area contributed by atoms with Crippen molar-refractivity contribution >= 4 is 20.3 Å². The first kappa shape index (κ1) is 26.2. The molecule has 0 aromatic heterocycles. The monoisotopic (exact) mass is 695 g/mol. The minimum atomic E-state index is -2.00. The molecule has 0 amide bonds. The van der Waals surface area contributed by atoms with Crippen molar-refractivity contribution in [3.63, 3.8) is 0 Å². The summed E-state index contributed by atoms with van der Waals surface area (Å²) < 4.78 is 22.3. The SMILES string of the molecule is C[CH-]C1[CH-]CC[CH-]C([CH-]C)CC1.[2H][PH+]([2H])c1cccc2c1[C@@]1(CCc3cccc(C4=N[C@@H](C)CO4)c31)CC2.[Ir]. The second-order valence-electron chi connectivity index (χ2n) is 11.0. The van der Waals surface area contributed by atoms with E-state index >= 15 is 0 Å². The van der Waals surface area contributed by atoms with Gasteiger partial charge in [0.15, 0.2) is 0 Å². The molecule has 1 radical (unpaired) electrons. The van der Waals surface area contributed by atoms with E-state index in [-0.39, 0.29) is 31.6 Å². The van der Waals surface area contributed by atoms with E-state index in [0.717, 1.165) is 54.3 Å². The molecule has 4 heteroatoms. The van der Waals surface area contributed by atoms with Gasteiger partial charge in [0.2, 0.25) is 5.90 Å². The Hall–Kier alpha value is -1.01. The molecule has 2 aromatic carbocycles. The maximum absolute atomic E-state index is 8.19. The summed E-state index contributed by atoms with van der Waals surface area (Å²) in [5.41, 5.74) is 6.46. The van der Waals surface area contributed by atoms with Crippen molar-refractivity contribution in [3.05, 3.63) is 89.9 Å². The first-order chi connectivity index (χ1) is 18.5. The molecule has 0 N–H and O–H groups in total. The molecule has 0 bridgehead atoms. The number of hydrogen-bond acceptors (Lipinski definition) is 2. The molecular formula is C33H43IrNOP-3. The van der Waals surface area contributed by atoms with Gasteiger partial charge in [-0.2, -0.15) is 13.8 Å². The van der Waals surface area contributed by atoms with Crippen LogP contribution in [0.25, 0.3) is 0 Å². The molecule has 1 heterocycles. The van der Waals surface area contributed by atoms with Crippen molar-refractivity contribution in [1.29, 1.82) is 2.56 Å². The van der Waals surface area contributed by atoms with Crippen molar-refractivity contribution in [2.45, 2.75) is 83.6 Å². The van der Waals surface area contributed by atoms with Crippen LogP contribution >= 0.6 is 9.13 Å². The summed E-state index contributed by atoms with van der Waals surface area (Å²) in [6.45, 7) is 7.10. The van der Waals surface area contributed by atoms with Gasteiger partial charge in [-0.05, 0) is 61.4 Å². The first-order valence-electron chi connectivity index (χ1n) is 15.0. The molecule has 0 saturated heterocycles. The van der Waals surface area contributed by atoms with Gasteiger partial charge in [0, 0.05) is 45.8 Å². The Morgan fingerprint density at radius 3 is 2.16 bits per heavy atom. The van der Waals surface area contributed by atoms with Crippen LogP contribution in [0.15, 0.2) is 41.4 Å². The topological polar surface area (TPSA) is 21.6 Å². The number of benzene rings is 2. The Morgan fingerprint density at radius 2 is 1.59 bits per heavy atom. The predicted octanol–water partition coefficient (Wildman–Crippen LogP) is 6.91. The van der Waals surface area contributed by atoms with Crippen molar-refractivity contribution in [2.75, 3.05) is 6.61 Å². The molecule has 1 fully saturated rings. The largest absolute Gasteiger partial charge is 0.475 e. The second kappa shape index (κ2) is 12.9. The first-order valence-corrected chi connectivity index (χ1v) is 14.5. The molecule has 6 rings (SSSR count). The summed E-state index contributed by atoms with van der Waals surface area (Å²) in [4.78, 5) is 4.73. The minimum absolute atomic E-state index is 0. The van der Waals surface area contributed by atoms with Crippen molar-refractivity contribution in [2.24, 2.45) is 16.8 Å². The number of rotatable bonds is 4. The molecule has 1 saturated carbocycles. The molecule has 2 unspecified atom stereocenters. The molecule has 4 aliphatic rings. The van der Waals surface area contributed by atoms with Crippen LogP contribution in [-0.2, 0) is 43.1 Å². The third kappa shape index (κ3) is 5.95. The summed E-state index contributed by atoms with van der Waals surface area (Å²) in [7, 11) is -2.00. The van der Waals surface area contributed by atoms with E-state index in [9.17, 15) is 0 Å². The fourth-order valence-electron chi connectivity index (χ4n) is 6.84. The third-order valence-electron chi connectivity index (χ3n) is 8.73. The van der Waals surface area contributed by atoms with Crippen LogP contribution in [0.5, 0.6) is 0 Å². The third-order valence-corrected chi connectivity index (χ3v) is 9.14. The Bertz CT molecular complexity index is 1140. The fourth-order valence-corrected chi connectivity index (χ4v) is 7.34. The summed E-state index contributed by atoms with van der Waals surface area (Å²) in [5, 5.41) is 0.968. The number of aliphatic imine (C=N–C) groups is 1. The quantitative estimate of drug-likeness (QED) is 0.252. The normalized spacial score (nSPS) is 29.0. The van der Waals surface area contributed by atoms with E-state index in [1.807, 2.05) is 12.1 Å². The average molecular weight is 695 g/mol. The molecule has 203 valence electrons. The number of hydrogen-bond donors (Lipinski definition) is 0. The van der Waals surface area contributed by atoms with Gasteiger partial charge in [-0.25, -0.2) is 17.8 Å². The Morgan fingerprint density at radius 1 is 0.973 bits per heavy atom. The number of ether oxygens (including phenoxy) is 1. The average Bonchev–Trinajstić information content (AvgIpc) is 3.63. The molecule has 1 aliphatic heterocycles. The molecular weight excluding hydrogens is 650 g/mol. The fraction of sp³-hybridized carbons (Fsp3) is 0.485. The molecule has 3 aliphatic carbocycles. The second-order valence-corrected chi connectivity index (χ2v) is 11.5. The summed E-state index contributed by atoms with van der Waals surface area (Å²) in [6, 6.07) is 13.0. The summed E-state index contributed by atoms with van der Waals surface area (Å²) >= 11 is 0. The van der Waals surface area contributed by atoms with Crippen LogP contribution < -0.4 is 5.30 Å². The maximum Gasteiger partial charge on any atom is 0.269 e. The van der Waals surface area contributed by atoms with E-state index in [2.05, 4.69) is 70.7 Å². The zero-order chi connectivity index (χ0) is 26.7. The van der Waals surface area contributed by atoms with Gasteiger partial charge in [-0.15, -0.1) is 12.8 Å². The zero-order valence-corrected chi connectivity index (χ0v) is 26.0. The van der Waals surface area contributed by atoms with Gasteiger partial charge >= 0.3 is 0 Å². The van der Waals surface area contributed by atoms with Crippen molar-refractivity contribution in [1.82, 2.24) is 0 Å². The van der Waals surface area contributed by atoms with Crippen LogP contribution in [0, 0.1) is 37.5 Å². The zero-order valence-electron chi connectivity index (χ0n) is 24.6. The Kier molecular flexibility index (Phi) is 9.14. The van der Waals surface area contributed by atoms with Crippen molar-refractivity contribution < 1.29 is 24.8 Å². The van der Waals surface area contributed by atoms with E-state index in [1.54, 1.807) is 0 Å². The van der Waals surface area contributed by atoms with Gasteiger partial charge in [-0.3, -0.25) is 11.8 Å². The van der Waals surface area contributed by atoms with Crippen LogP contribution in [0.1, 0.15) is 87.1 Å². The smallest absolute Gasteiger partial charge is 0.269 e. The Labute approximate surface area is 244 Å². The minimum Gasteiger partial charge on any atom is -0.475 e. The number of aryl methyl sites for hydroxylation is 2. The van der Waals surface area contributed by atoms with Crippen LogP contribution in [0.2, 0.25) is 0 Å². The molecule has 37 heavy (non-hydrogen) atoms. The number of fused-ring (bicyclic) bond motifs is 4. The Balaban J connectivity index is 0.000000231. The van der Waals surface area contributed by atoms with E-state index in [4.69, 9.17) is 12.3 Å². The molecule has 2 aromatic rings. The molecule has 4 atom stereocenters. The maximum atomic E-state index is 8.19. The summed E-state index contributed by atoms with van der Waals surface area (Å²) in [5.74, 6) is 2.31. The van der Waals surface area contributed by atoms with Gasteiger partial charge in [0.1, 0.15) is 6.61 Å². The van der Waals surface area contributed by atoms with E-state index in [0.29, 0.717) is 6.61 Å². The van der Waals surface area contributed by atoms with Crippen LogP contribution in [0.3, 0.4) is 0 Å². The van der Waals surface area contributed by atoms with E-state index < -0.39 is 9.13 Å². The van der Waals surface area contributed by atoms with Crippen LogP contribution in [-0.4, -0.2) is 21.1 Å². The van der Waals surface area contributed by atoms with Gasteiger partial charge in [0.25, 0.3) is 2.56 Å². The molecule has 1 spiro atoms. The summed E-state index contributed by atoms with van der Waals surface area (Å²) in [6.07, 6.45) is 19.0. The standard InChI is InChI=1S/C21H22NOP.C12H20.Ir/c1-13-12-23-20(22-13)16-6-2-4-14-8-10-21(18(14)16)11-9-15-5-3-7-17(24)19(15)21;1-3-11-7-5-6-8-12(4-2)10-9-11;/h2-7,13H,8-12,24H2,1H3;3-4,7-8,11-12H,5-6,9-10H2,1-2H3;/q;-4;/p+1/t13-,21-;;/m0../s1/i24D2;;. The number of nitrogens with zero attached hydrogens (tertiary/aromatic N) is 1. The van der Waals surface area contributed by atoms with Gasteiger partial charge in [-0.1, -0.05) is 24.3 Å². The van der Waals surface area contributed by atoms with E-state index in [1.165, 1.54) is 47.9 Å². The predicted molar refractivity (Wildman–Crippen MR) is 157 cm³/mol. The molecule has 2 nitrogen and oxygen atoms in total. The van der Waals surface area contributed by atoms with Gasteiger partial charge < -0.3 is 30.4 Å². The van der Waals surface area contributed by atoms with Crippen molar-refractivity contribution in [3.8, 4) is 0 Å².